The summed E-state index contributed by atoms with van der Waals surface area (Å²) in [6.45, 7) is 5.87. The molecule has 6 heteroatoms. The number of rotatable bonds is 4. The van der Waals surface area contributed by atoms with Gasteiger partial charge in [0.05, 0.1) is 5.56 Å². The van der Waals surface area contributed by atoms with Gasteiger partial charge in [0.15, 0.2) is 0 Å². The summed E-state index contributed by atoms with van der Waals surface area (Å²) in [7, 11) is 0. The molecule has 1 aromatic heterocycles. The fourth-order valence-corrected chi connectivity index (χ4v) is 1.48. The van der Waals surface area contributed by atoms with Crippen molar-refractivity contribution in [2.24, 2.45) is 5.92 Å². The van der Waals surface area contributed by atoms with Crippen LogP contribution in [-0.4, -0.2) is 16.9 Å². The molecule has 0 aliphatic rings. The minimum absolute atomic E-state index is 0.0419. The number of nitrogens with one attached hydrogen (secondary N) is 1. The number of hydrogen-bond acceptors (Lipinski definition) is 2. The fraction of sp³-hybridized carbons (Fsp3) is 0.538. The van der Waals surface area contributed by atoms with E-state index >= 15 is 0 Å². The number of alkyl halides is 3. The maximum atomic E-state index is 12.3. The predicted octanol–water partition coefficient (Wildman–Crippen LogP) is 3.26. The number of pyridine rings is 1. The Balaban J connectivity index is 2.74. The maximum Gasteiger partial charge on any atom is 0.433 e. The lowest BCUT2D eigenvalue weighted by molar-refractivity contribution is -0.141. The molecule has 0 aliphatic carbocycles. The predicted molar refractivity (Wildman–Crippen MR) is 65.6 cm³/mol. The van der Waals surface area contributed by atoms with Crippen LogP contribution in [0, 0.1) is 5.92 Å². The van der Waals surface area contributed by atoms with Crippen LogP contribution in [0.2, 0.25) is 0 Å². The molecule has 1 aromatic rings. The summed E-state index contributed by atoms with van der Waals surface area (Å²) in [6.07, 6.45) is -2.63. The lowest BCUT2D eigenvalue weighted by Gasteiger charge is -2.19. The van der Waals surface area contributed by atoms with Gasteiger partial charge in [-0.1, -0.05) is 20.3 Å². The normalized spacial score (nSPS) is 14.8. The van der Waals surface area contributed by atoms with E-state index in [0.717, 1.165) is 24.8 Å². The zero-order valence-electron chi connectivity index (χ0n) is 11.1. The highest BCUT2D eigenvalue weighted by Crippen LogP contribution is 2.27. The van der Waals surface area contributed by atoms with Gasteiger partial charge in [0.25, 0.3) is 5.91 Å². The minimum atomic E-state index is -4.49. The zero-order valence-corrected chi connectivity index (χ0v) is 11.1. The van der Waals surface area contributed by atoms with Crippen molar-refractivity contribution in [3.05, 3.63) is 29.6 Å². The van der Waals surface area contributed by atoms with Crippen LogP contribution in [0.4, 0.5) is 13.2 Å². The summed E-state index contributed by atoms with van der Waals surface area (Å²) in [6, 6.07) is 1.90. The van der Waals surface area contributed by atoms with Crippen molar-refractivity contribution in [1.29, 1.82) is 0 Å². The molecule has 3 nitrogen and oxygen atoms in total. The van der Waals surface area contributed by atoms with Crippen LogP contribution in [0.3, 0.4) is 0 Å². The van der Waals surface area contributed by atoms with E-state index in [1.807, 2.05) is 20.8 Å². The molecule has 0 aliphatic heterocycles. The van der Waals surface area contributed by atoms with Crippen molar-refractivity contribution in [2.45, 2.75) is 39.4 Å². The van der Waals surface area contributed by atoms with Crippen LogP contribution in [-0.2, 0) is 6.18 Å². The highest BCUT2D eigenvalue weighted by atomic mass is 19.4. The summed E-state index contributed by atoms with van der Waals surface area (Å²) in [5.41, 5.74) is -0.873. The van der Waals surface area contributed by atoms with Crippen molar-refractivity contribution in [3.63, 3.8) is 0 Å². The second kappa shape index (κ2) is 6.04. The summed E-state index contributed by atoms with van der Waals surface area (Å²) in [5, 5.41) is 2.74. The molecule has 0 spiro atoms. The number of hydrogen-bond donors (Lipinski definition) is 1. The third-order valence-corrected chi connectivity index (χ3v) is 3.17. The SMILES string of the molecule is CC[C@@H](C)[C@H](C)NC(=O)c1ccc(C(F)(F)F)nc1. The molecule has 0 radical (unpaired) electrons. The Kier molecular flexibility index (Phi) is 4.91. The first-order valence-corrected chi connectivity index (χ1v) is 6.09. The third-order valence-electron chi connectivity index (χ3n) is 3.17. The van der Waals surface area contributed by atoms with Gasteiger partial charge in [-0.3, -0.25) is 9.78 Å². The van der Waals surface area contributed by atoms with Gasteiger partial charge in [-0.25, -0.2) is 0 Å². The first-order chi connectivity index (χ1) is 8.75. The average Bonchev–Trinajstić information content (AvgIpc) is 2.36. The second-order valence-electron chi connectivity index (χ2n) is 4.58. The van der Waals surface area contributed by atoms with E-state index < -0.39 is 17.8 Å². The van der Waals surface area contributed by atoms with Crippen LogP contribution in [0.25, 0.3) is 0 Å². The fourth-order valence-electron chi connectivity index (χ4n) is 1.48. The molecule has 2 atom stereocenters. The van der Waals surface area contributed by atoms with Gasteiger partial charge >= 0.3 is 6.18 Å². The molecule has 0 bridgehead atoms. The highest BCUT2D eigenvalue weighted by molar-refractivity contribution is 5.94. The van der Waals surface area contributed by atoms with E-state index in [2.05, 4.69) is 10.3 Å². The topological polar surface area (TPSA) is 42.0 Å². The summed E-state index contributed by atoms with van der Waals surface area (Å²) in [5.74, 6) is -0.111. The molecule has 1 amide bonds. The standard InChI is InChI=1S/C13H17F3N2O/c1-4-8(2)9(3)18-12(19)10-5-6-11(17-7-10)13(14,15)16/h5-9H,4H2,1-3H3,(H,18,19)/t8-,9+/m1/s1. The Morgan fingerprint density at radius 2 is 2.00 bits per heavy atom. The van der Waals surface area contributed by atoms with E-state index in [1.165, 1.54) is 0 Å². The molecule has 1 rings (SSSR count). The van der Waals surface area contributed by atoms with Crippen molar-refractivity contribution < 1.29 is 18.0 Å². The number of amides is 1. The number of carbonyl (C=O) groups is 1. The third kappa shape index (κ3) is 4.22. The van der Waals surface area contributed by atoms with Crippen molar-refractivity contribution in [1.82, 2.24) is 10.3 Å². The monoisotopic (exact) mass is 274 g/mol. The smallest absolute Gasteiger partial charge is 0.349 e. The van der Waals surface area contributed by atoms with Gasteiger partial charge in [-0.2, -0.15) is 13.2 Å². The summed E-state index contributed by atoms with van der Waals surface area (Å²) in [4.78, 5) is 15.1. The average molecular weight is 274 g/mol. The van der Waals surface area contributed by atoms with Gasteiger partial charge in [-0.15, -0.1) is 0 Å². The summed E-state index contributed by atoms with van der Waals surface area (Å²) < 4.78 is 37.0. The van der Waals surface area contributed by atoms with Gasteiger partial charge in [0.1, 0.15) is 5.69 Å². The van der Waals surface area contributed by atoms with Crippen LogP contribution < -0.4 is 5.32 Å². The van der Waals surface area contributed by atoms with E-state index in [-0.39, 0.29) is 11.6 Å². The summed E-state index contributed by atoms with van der Waals surface area (Å²) >= 11 is 0. The van der Waals surface area contributed by atoms with Crippen LogP contribution in [0.1, 0.15) is 43.2 Å². The molecule has 19 heavy (non-hydrogen) atoms. The Hall–Kier alpha value is -1.59. The minimum Gasteiger partial charge on any atom is -0.349 e. The molecular weight excluding hydrogens is 257 g/mol. The van der Waals surface area contributed by atoms with Crippen LogP contribution in [0.15, 0.2) is 18.3 Å². The molecule has 0 saturated carbocycles. The lowest BCUT2D eigenvalue weighted by atomic mass is 10.0. The Morgan fingerprint density at radius 1 is 1.37 bits per heavy atom. The van der Waals surface area contributed by atoms with Gasteiger partial charge < -0.3 is 5.32 Å². The zero-order chi connectivity index (χ0) is 14.6. The quantitative estimate of drug-likeness (QED) is 0.915. The number of carbonyl (C=O) groups excluding carboxylic acids is 1. The Bertz CT molecular complexity index is 429. The molecule has 0 fully saturated rings. The van der Waals surface area contributed by atoms with Crippen molar-refractivity contribution in [3.8, 4) is 0 Å². The first kappa shape index (κ1) is 15.5. The number of nitrogens with zero attached hydrogens (tertiary/aromatic N) is 1. The van der Waals surface area contributed by atoms with Crippen LogP contribution in [0.5, 0.6) is 0 Å². The molecule has 0 saturated heterocycles. The first-order valence-electron chi connectivity index (χ1n) is 6.09. The molecule has 1 N–H and O–H groups in total. The molecule has 0 unspecified atom stereocenters. The lowest BCUT2D eigenvalue weighted by Crippen LogP contribution is -2.37. The molecule has 106 valence electrons. The van der Waals surface area contributed by atoms with E-state index in [1.54, 1.807) is 0 Å². The Labute approximate surface area is 110 Å². The van der Waals surface area contributed by atoms with E-state index in [4.69, 9.17) is 0 Å². The van der Waals surface area contributed by atoms with Crippen molar-refractivity contribution in [2.75, 3.05) is 0 Å². The van der Waals surface area contributed by atoms with Crippen LogP contribution >= 0.6 is 0 Å². The van der Waals surface area contributed by atoms with Gasteiger partial charge in [0.2, 0.25) is 0 Å². The largest absolute Gasteiger partial charge is 0.433 e. The van der Waals surface area contributed by atoms with E-state index in [9.17, 15) is 18.0 Å². The maximum absolute atomic E-state index is 12.3. The van der Waals surface area contributed by atoms with Gasteiger partial charge in [0, 0.05) is 12.2 Å². The number of aromatic nitrogens is 1. The second-order valence-corrected chi connectivity index (χ2v) is 4.58. The Morgan fingerprint density at radius 3 is 2.42 bits per heavy atom. The van der Waals surface area contributed by atoms with Gasteiger partial charge in [-0.05, 0) is 25.0 Å². The molecule has 0 aromatic carbocycles. The molecular formula is C13H17F3N2O. The number of halogens is 3. The molecule has 1 heterocycles. The van der Waals surface area contributed by atoms with E-state index in [0.29, 0.717) is 5.92 Å². The highest BCUT2D eigenvalue weighted by Gasteiger charge is 2.32. The van der Waals surface area contributed by atoms with Crippen molar-refractivity contribution >= 4 is 5.91 Å².